The number of ether oxygens (including phenoxy) is 2. The van der Waals surface area contributed by atoms with E-state index in [2.05, 4.69) is 4.72 Å². The van der Waals surface area contributed by atoms with Crippen LogP contribution >= 0.6 is 11.3 Å². The number of hydrogen-bond donors (Lipinski definition) is 1. The molecule has 7 heteroatoms. The Kier molecular flexibility index (Phi) is 5.40. The van der Waals surface area contributed by atoms with Crippen LogP contribution < -0.4 is 14.2 Å². The van der Waals surface area contributed by atoms with Crippen molar-refractivity contribution in [1.82, 2.24) is 4.72 Å². The monoisotopic (exact) mass is 451 g/mol. The van der Waals surface area contributed by atoms with Gasteiger partial charge in [0, 0.05) is 22.1 Å². The lowest BCUT2D eigenvalue weighted by Gasteiger charge is -2.19. The molecule has 2 heterocycles. The second-order valence-corrected chi connectivity index (χ2v) is 10.1. The summed E-state index contributed by atoms with van der Waals surface area (Å²) in [5.74, 6) is 1.03. The Morgan fingerprint density at radius 1 is 0.839 bits per heavy atom. The van der Waals surface area contributed by atoms with Gasteiger partial charge in [0.15, 0.2) is 11.5 Å². The molecular formula is C24H21NO4S2. The van der Waals surface area contributed by atoms with Gasteiger partial charge in [-0.2, -0.15) is 4.72 Å². The molecule has 3 aromatic carbocycles. The van der Waals surface area contributed by atoms with Crippen molar-refractivity contribution in [2.24, 2.45) is 0 Å². The third kappa shape index (κ3) is 4.17. The lowest BCUT2D eigenvalue weighted by molar-refractivity contribution is 0.297. The molecule has 0 saturated heterocycles. The molecule has 5 nitrogen and oxygen atoms in total. The molecule has 1 aliphatic rings. The van der Waals surface area contributed by atoms with E-state index in [4.69, 9.17) is 9.47 Å². The second-order valence-electron chi connectivity index (χ2n) is 7.31. The smallest absolute Gasteiger partial charge is 0.241 e. The summed E-state index contributed by atoms with van der Waals surface area (Å²) in [6.45, 7) is 1.05. The van der Waals surface area contributed by atoms with Crippen molar-refractivity contribution in [2.45, 2.75) is 17.4 Å². The largest absolute Gasteiger partial charge is 0.490 e. The van der Waals surface area contributed by atoms with E-state index in [-0.39, 0.29) is 4.90 Å². The highest BCUT2D eigenvalue weighted by Crippen LogP contribution is 2.36. The standard InChI is InChI=1S/C24H21NO4S2/c26-31(27,19-11-12-20-21(16-19)29-14-6-13-28-20)25-24(17-7-2-1-3-8-17)23-15-18-9-4-5-10-22(18)30-23/h1-5,7-12,15-16,24-25H,6,13-14H2/t24-/m0/s1. The Morgan fingerprint density at radius 3 is 2.39 bits per heavy atom. The van der Waals surface area contributed by atoms with Gasteiger partial charge in [-0.25, -0.2) is 8.42 Å². The molecule has 0 spiro atoms. The van der Waals surface area contributed by atoms with Crippen molar-refractivity contribution in [3.63, 3.8) is 0 Å². The van der Waals surface area contributed by atoms with Crippen LogP contribution in [0.5, 0.6) is 11.5 Å². The number of hydrogen-bond acceptors (Lipinski definition) is 5. The molecule has 0 saturated carbocycles. The van der Waals surface area contributed by atoms with E-state index in [1.165, 1.54) is 6.07 Å². The number of nitrogens with one attached hydrogen (secondary N) is 1. The topological polar surface area (TPSA) is 64.6 Å². The van der Waals surface area contributed by atoms with Crippen LogP contribution in [-0.4, -0.2) is 21.6 Å². The molecule has 0 amide bonds. The summed E-state index contributed by atoms with van der Waals surface area (Å²) in [4.78, 5) is 1.09. The van der Waals surface area contributed by atoms with Crippen molar-refractivity contribution in [1.29, 1.82) is 0 Å². The number of sulfonamides is 1. The molecule has 0 unspecified atom stereocenters. The molecule has 158 valence electrons. The summed E-state index contributed by atoms with van der Waals surface area (Å²) >= 11 is 1.59. The molecule has 1 N–H and O–H groups in total. The molecule has 0 bridgehead atoms. The molecule has 31 heavy (non-hydrogen) atoms. The van der Waals surface area contributed by atoms with Gasteiger partial charge in [-0.15, -0.1) is 11.3 Å². The first-order valence-corrected chi connectivity index (χ1v) is 12.4. The van der Waals surface area contributed by atoms with Gasteiger partial charge >= 0.3 is 0 Å². The number of benzene rings is 3. The highest BCUT2D eigenvalue weighted by atomic mass is 32.2. The Bertz CT molecular complexity index is 1280. The molecule has 0 radical (unpaired) electrons. The van der Waals surface area contributed by atoms with Crippen molar-refractivity contribution in [2.75, 3.05) is 13.2 Å². The zero-order valence-corrected chi connectivity index (χ0v) is 18.3. The molecule has 1 aromatic heterocycles. The Labute approximate surface area is 185 Å². The van der Waals surface area contributed by atoms with Crippen molar-refractivity contribution >= 4 is 31.4 Å². The van der Waals surface area contributed by atoms with E-state index in [9.17, 15) is 8.42 Å². The first-order chi connectivity index (χ1) is 15.1. The van der Waals surface area contributed by atoms with Gasteiger partial charge in [0.2, 0.25) is 10.0 Å². The zero-order valence-electron chi connectivity index (χ0n) is 16.7. The highest BCUT2D eigenvalue weighted by molar-refractivity contribution is 7.89. The summed E-state index contributed by atoms with van der Waals surface area (Å²) < 4.78 is 42.1. The average molecular weight is 452 g/mol. The van der Waals surface area contributed by atoms with Gasteiger partial charge < -0.3 is 9.47 Å². The van der Waals surface area contributed by atoms with Gasteiger partial charge in [0.25, 0.3) is 0 Å². The predicted molar refractivity (Wildman–Crippen MR) is 122 cm³/mol. The maximum absolute atomic E-state index is 13.4. The van der Waals surface area contributed by atoms with Crippen molar-refractivity contribution in [3.8, 4) is 11.5 Å². The fourth-order valence-electron chi connectivity index (χ4n) is 3.61. The Morgan fingerprint density at radius 2 is 1.58 bits per heavy atom. The van der Waals surface area contributed by atoms with Crippen molar-refractivity contribution < 1.29 is 17.9 Å². The lowest BCUT2D eigenvalue weighted by Crippen LogP contribution is -2.29. The quantitative estimate of drug-likeness (QED) is 0.457. The third-order valence-electron chi connectivity index (χ3n) is 5.16. The maximum Gasteiger partial charge on any atom is 0.241 e. The SMILES string of the molecule is O=S(=O)(N[C@@H](c1ccccc1)c1cc2ccccc2s1)c1ccc2c(c1)OCCCO2. The van der Waals surface area contributed by atoms with Crippen LogP contribution in [0, 0.1) is 0 Å². The highest BCUT2D eigenvalue weighted by Gasteiger charge is 2.26. The van der Waals surface area contributed by atoms with Crippen LogP contribution in [0.3, 0.4) is 0 Å². The minimum atomic E-state index is -3.82. The number of thiophene rings is 1. The normalized spacial score (nSPS) is 14.8. The van der Waals surface area contributed by atoms with Crippen LogP contribution in [0.2, 0.25) is 0 Å². The van der Waals surface area contributed by atoms with Crippen LogP contribution in [0.25, 0.3) is 10.1 Å². The van der Waals surface area contributed by atoms with Crippen LogP contribution in [0.1, 0.15) is 22.9 Å². The summed E-state index contributed by atoms with van der Waals surface area (Å²) in [6.07, 6.45) is 0.761. The maximum atomic E-state index is 13.4. The first kappa shape index (κ1) is 20.1. The third-order valence-corrected chi connectivity index (χ3v) is 7.77. The molecule has 0 aliphatic carbocycles. The molecule has 0 fully saturated rings. The summed E-state index contributed by atoms with van der Waals surface area (Å²) in [5.41, 5.74) is 0.881. The van der Waals surface area contributed by atoms with Gasteiger partial charge in [-0.05, 0) is 35.2 Å². The number of fused-ring (bicyclic) bond motifs is 2. The van der Waals surface area contributed by atoms with Gasteiger partial charge in [0.1, 0.15) is 0 Å². The van der Waals surface area contributed by atoms with E-state index < -0.39 is 16.1 Å². The van der Waals surface area contributed by atoms with E-state index in [1.54, 1.807) is 23.5 Å². The average Bonchev–Trinajstić information content (AvgIpc) is 3.08. The fraction of sp³-hybridized carbons (Fsp3) is 0.167. The van der Waals surface area contributed by atoms with Crippen LogP contribution in [0.15, 0.2) is 83.8 Å². The van der Waals surface area contributed by atoms with E-state index in [0.29, 0.717) is 24.7 Å². The van der Waals surface area contributed by atoms with Gasteiger partial charge in [-0.3, -0.25) is 0 Å². The van der Waals surface area contributed by atoms with E-state index in [1.807, 2.05) is 60.7 Å². The fourth-order valence-corrected chi connectivity index (χ4v) is 6.05. The molecule has 1 atom stereocenters. The lowest BCUT2D eigenvalue weighted by atomic mass is 10.1. The number of rotatable bonds is 5. The minimum absolute atomic E-state index is 0.152. The predicted octanol–water partition coefficient (Wildman–Crippen LogP) is 5.13. The van der Waals surface area contributed by atoms with Gasteiger partial charge in [-0.1, -0.05) is 48.5 Å². The van der Waals surface area contributed by atoms with E-state index >= 15 is 0 Å². The Balaban J connectivity index is 1.54. The van der Waals surface area contributed by atoms with Crippen LogP contribution in [0.4, 0.5) is 0 Å². The zero-order chi connectivity index (χ0) is 21.3. The summed E-state index contributed by atoms with van der Waals surface area (Å²) in [6, 6.07) is 24.0. The van der Waals surface area contributed by atoms with E-state index in [0.717, 1.165) is 26.9 Å². The molecular weight excluding hydrogens is 430 g/mol. The van der Waals surface area contributed by atoms with Crippen molar-refractivity contribution in [3.05, 3.63) is 89.3 Å². The minimum Gasteiger partial charge on any atom is -0.490 e. The second kappa shape index (κ2) is 8.34. The Hall–Kier alpha value is -2.87. The summed E-state index contributed by atoms with van der Waals surface area (Å²) in [7, 11) is -3.82. The van der Waals surface area contributed by atoms with Crippen LogP contribution in [-0.2, 0) is 10.0 Å². The molecule has 1 aliphatic heterocycles. The van der Waals surface area contributed by atoms with Gasteiger partial charge in [0.05, 0.1) is 24.2 Å². The summed E-state index contributed by atoms with van der Waals surface area (Å²) in [5, 5.41) is 1.10. The molecule has 5 rings (SSSR count). The first-order valence-electron chi connectivity index (χ1n) is 10.1. The molecule has 4 aromatic rings.